The van der Waals surface area contributed by atoms with Crippen molar-refractivity contribution in [2.24, 2.45) is 11.1 Å². The van der Waals surface area contributed by atoms with Crippen molar-refractivity contribution < 1.29 is 24.2 Å². The van der Waals surface area contributed by atoms with Gasteiger partial charge in [-0.15, -0.1) is 0 Å². The third-order valence-electron chi connectivity index (χ3n) is 2.51. The van der Waals surface area contributed by atoms with Crippen LogP contribution in [0.1, 0.15) is 27.2 Å². The Bertz CT molecular complexity index is 351. The third kappa shape index (κ3) is 9.15. The molecule has 8 nitrogen and oxygen atoms in total. The molecule has 0 aliphatic rings. The first-order chi connectivity index (χ1) is 9.12. The van der Waals surface area contributed by atoms with Gasteiger partial charge in [0.2, 0.25) is 5.91 Å². The minimum Gasteiger partial charge on any atom is -0.481 e. The monoisotopic (exact) mass is 289 g/mol. The van der Waals surface area contributed by atoms with E-state index in [0.717, 1.165) is 0 Å². The first kappa shape index (κ1) is 18.2. The van der Waals surface area contributed by atoms with Crippen LogP contribution in [0.25, 0.3) is 0 Å². The molecule has 5 N–H and O–H groups in total. The first-order valence-corrected chi connectivity index (χ1v) is 6.25. The Labute approximate surface area is 118 Å². The molecule has 0 bridgehead atoms. The van der Waals surface area contributed by atoms with E-state index in [4.69, 9.17) is 15.6 Å². The summed E-state index contributed by atoms with van der Waals surface area (Å²) < 4.78 is 4.87. The van der Waals surface area contributed by atoms with Crippen LogP contribution in [0.4, 0.5) is 4.79 Å². The molecule has 0 fully saturated rings. The summed E-state index contributed by atoms with van der Waals surface area (Å²) in [7, 11) is 0. The smallest absolute Gasteiger partial charge is 0.315 e. The number of hydrogen-bond acceptors (Lipinski definition) is 4. The van der Waals surface area contributed by atoms with E-state index in [-0.39, 0.29) is 31.6 Å². The number of carboxylic acids is 1. The number of hydrogen-bond donors (Lipinski definition) is 4. The molecule has 0 aromatic carbocycles. The van der Waals surface area contributed by atoms with Crippen molar-refractivity contribution in [3.63, 3.8) is 0 Å². The summed E-state index contributed by atoms with van der Waals surface area (Å²) in [5.74, 6) is -1.56. The Morgan fingerprint density at radius 3 is 2.35 bits per heavy atom. The van der Waals surface area contributed by atoms with Crippen molar-refractivity contribution in [3.8, 4) is 0 Å². The molecule has 3 amide bonds. The van der Waals surface area contributed by atoms with E-state index >= 15 is 0 Å². The third-order valence-corrected chi connectivity index (χ3v) is 2.51. The average Bonchev–Trinajstić information content (AvgIpc) is 2.25. The van der Waals surface area contributed by atoms with Gasteiger partial charge in [-0.05, 0) is 5.41 Å². The molecule has 116 valence electrons. The van der Waals surface area contributed by atoms with Gasteiger partial charge >= 0.3 is 12.0 Å². The molecule has 0 heterocycles. The number of nitrogens with two attached hydrogens (primary N) is 1. The molecule has 0 aromatic heterocycles. The molecular weight excluding hydrogens is 266 g/mol. The molecule has 1 unspecified atom stereocenters. The molecule has 0 saturated carbocycles. The van der Waals surface area contributed by atoms with E-state index in [1.807, 2.05) is 20.8 Å². The van der Waals surface area contributed by atoms with Crippen molar-refractivity contribution in [1.29, 1.82) is 0 Å². The summed E-state index contributed by atoms with van der Waals surface area (Å²) in [6.07, 6.45) is -0.158. The molecule has 8 heteroatoms. The van der Waals surface area contributed by atoms with Gasteiger partial charge in [-0.25, -0.2) is 4.79 Å². The molecule has 0 rings (SSSR count). The van der Waals surface area contributed by atoms with Crippen LogP contribution in [0.15, 0.2) is 0 Å². The molecule has 0 radical (unpaired) electrons. The van der Waals surface area contributed by atoms with Crippen molar-refractivity contribution in [2.75, 3.05) is 19.8 Å². The van der Waals surface area contributed by atoms with Crippen molar-refractivity contribution in [2.45, 2.75) is 33.2 Å². The van der Waals surface area contributed by atoms with Gasteiger partial charge in [0.1, 0.15) is 6.61 Å². The lowest BCUT2D eigenvalue weighted by molar-refractivity contribution is -0.138. The molecule has 20 heavy (non-hydrogen) atoms. The summed E-state index contributed by atoms with van der Waals surface area (Å²) in [5.41, 5.74) is 4.50. The van der Waals surface area contributed by atoms with Gasteiger partial charge in [-0.1, -0.05) is 20.8 Å². The van der Waals surface area contributed by atoms with Crippen molar-refractivity contribution in [3.05, 3.63) is 0 Å². The van der Waals surface area contributed by atoms with Crippen LogP contribution in [-0.2, 0) is 14.3 Å². The molecule has 0 aliphatic heterocycles. The van der Waals surface area contributed by atoms with Crippen LogP contribution in [0.5, 0.6) is 0 Å². The standard InChI is InChI=1S/C12H23N3O5/c1-12(2,3)8(6-10(17)18)15-11(19)14-4-5-20-7-9(13)16/h8H,4-7H2,1-3H3,(H2,13,16)(H,17,18)(H2,14,15,19). The van der Waals surface area contributed by atoms with Crippen LogP contribution >= 0.6 is 0 Å². The highest BCUT2D eigenvalue weighted by molar-refractivity contribution is 5.76. The van der Waals surface area contributed by atoms with Crippen LogP contribution in [0, 0.1) is 5.41 Å². The highest BCUT2D eigenvalue weighted by Crippen LogP contribution is 2.21. The maximum absolute atomic E-state index is 11.6. The number of amides is 3. The second-order valence-electron chi connectivity index (χ2n) is 5.44. The van der Waals surface area contributed by atoms with Crippen LogP contribution in [0.3, 0.4) is 0 Å². The SMILES string of the molecule is CC(C)(C)C(CC(=O)O)NC(=O)NCCOCC(N)=O. The molecule has 0 spiro atoms. The van der Waals surface area contributed by atoms with E-state index in [0.29, 0.717) is 0 Å². The summed E-state index contributed by atoms with van der Waals surface area (Å²) in [6.45, 7) is 5.68. The van der Waals surface area contributed by atoms with Gasteiger partial charge < -0.3 is 26.2 Å². The average molecular weight is 289 g/mol. The van der Waals surface area contributed by atoms with Gasteiger partial charge in [0, 0.05) is 12.6 Å². The predicted octanol–water partition coefficient (Wildman–Crippen LogP) is -0.323. The number of rotatable bonds is 8. The summed E-state index contributed by atoms with van der Waals surface area (Å²) in [4.78, 5) is 32.8. The van der Waals surface area contributed by atoms with E-state index < -0.39 is 23.9 Å². The van der Waals surface area contributed by atoms with Crippen molar-refractivity contribution >= 4 is 17.9 Å². The summed E-state index contributed by atoms with van der Waals surface area (Å²) >= 11 is 0. The minimum atomic E-state index is -0.977. The lowest BCUT2D eigenvalue weighted by Gasteiger charge is -2.30. The molecule has 1 atom stereocenters. The molecule has 0 aromatic rings. The van der Waals surface area contributed by atoms with Gasteiger partial charge in [-0.3, -0.25) is 9.59 Å². The topological polar surface area (TPSA) is 131 Å². The van der Waals surface area contributed by atoms with Gasteiger partial charge in [0.05, 0.1) is 13.0 Å². The molecule has 0 aliphatic carbocycles. The van der Waals surface area contributed by atoms with Gasteiger partial charge in [-0.2, -0.15) is 0 Å². The molecule has 0 saturated heterocycles. The number of primary amides is 1. The Morgan fingerprint density at radius 2 is 1.90 bits per heavy atom. The van der Waals surface area contributed by atoms with Gasteiger partial charge in [0.25, 0.3) is 0 Å². The minimum absolute atomic E-state index is 0.148. The quantitative estimate of drug-likeness (QED) is 0.455. The Balaban J connectivity index is 4.07. The van der Waals surface area contributed by atoms with Crippen LogP contribution in [-0.4, -0.2) is 48.8 Å². The fourth-order valence-electron chi connectivity index (χ4n) is 1.37. The Kier molecular flexibility index (Phi) is 7.60. The van der Waals surface area contributed by atoms with E-state index in [1.54, 1.807) is 0 Å². The highest BCUT2D eigenvalue weighted by atomic mass is 16.5. The largest absolute Gasteiger partial charge is 0.481 e. The fourth-order valence-corrected chi connectivity index (χ4v) is 1.37. The zero-order valence-corrected chi connectivity index (χ0v) is 12.1. The number of urea groups is 1. The van der Waals surface area contributed by atoms with Crippen LogP contribution < -0.4 is 16.4 Å². The zero-order chi connectivity index (χ0) is 15.8. The van der Waals surface area contributed by atoms with E-state index in [1.165, 1.54) is 0 Å². The van der Waals surface area contributed by atoms with Crippen molar-refractivity contribution in [1.82, 2.24) is 10.6 Å². The van der Waals surface area contributed by atoms with E-state index in [9.17, 15) is 14.4 Å². The molecular formula is C12H23N3O5. The Hall–Kier alpha value is -1.83. The predicted molar refractivity (Wildman–Crippen MR) is 72.0 cm³/mol. The maximum atomic E-state index is 11.6. The number of ether oxygens (including phenoxy) is 1. The summed E-state index contributed by atoms with van der Waals surface area (Å²) in [5, 5.41) is 13.9. The number of nitrogens with one attached hydrogen (secondary N) is 2. The first-order valence-electron chi connectivity index (χ1n) is 6.25. The zero-order valence-electron chi connectivity index (χ0n) is 12.1. The number of aliphatic carboxylic acids is 1. The van der Waals surface area contributed by atoms with E-state index in [2.05, 4.69) is 10.6 Å². The van der Waals surface area contributed by atoms with Gasteiger partial charge in [0.15, 0.2) is 0 Å². The second kappa shape index (κ2) is 8.36. The lowest BCUT2D eigenvalue weighted by atomic mass is 9.85. The number of carbonyl (C=O) groups is 3. The normalized spacial score (nSPS) is 12.6. The number of carbonyl (C=O) groups excluding carboxylic acids is 2. The Morgan fingerprint density at radius 1 is 1.30 bits per heavy atom. The maximum Gasteiger partial charge on any atom is 0.315 e. The van der Waals surface area contributed by atoms with Crippen LogP contribution in [0.2, 0.25) is 0 Å². The number of carboxylic acid groups (broad SMARTS) is 1. The summed E-state index contributed by atoms with van der Waals surface area (Å²) in [6, 6.07) is -0.972. The highest BCUT2D eigenvalue weighted by Gasteiger charge is 2.28. The fraction of sp³-hybridized carbons (Fsp3) is 0.750. The lowest BCUT2D eigenvalue weighted by Crippen LogP contribution is -2.49. The second-order valence-corrected chi connectivity index (χ2v) is 5.44.